The number of hydrogen-bond acceptors (Lipinski definition) is 4. The number of nitriles is 2. The van der Waals surface area contributed by atoms with E-state index in [1.165, 1.54) is 4.90 Å². The Kier molecular flexibility index (Phi) is 7.81. The first-order valence-corrected chi connectivity index (χ1v) is 17.5. The van der Waals surface area contributed by atoms with E-state index in [-0.39, 0.29) is 11.1 Å². The first-order valence-electron chi connectivity index (χ1n) is 17.5. The highest BCUT2D eigenvalue weighted by Gasteiger charge is 2.39. The molecular formula is C48H24N6O2. The summed E-state index contributed by atoms with van der Waals surface area (Å²) in [5, 5.41) is 21.3. The Bertz CT molecular complexity index is 2970. The summed E-state index contributed by atoms with van der Waals surface area (Å²) in [5.74, 6) is -0.886. The second kappa shape index (κ2) is 13.1. The number of benzene rings is 7. The van der Waals surface area contributed by atoms with Gasteiger partial charge in [0.1, 0.15) is 0 Å². The molecule has 0 aliphatic carbocycles. The topological polar surface area (TPSA) is 98.6 Å². The summed E-state index contributed by atoms with van der Waals surface area (Å²) in [7, 11) is 0. The van der Waals surface area contributed by atoms with Gasteiger partial charge < -0.3 is 4.57 Å². The number of hydrogen-bond donors (Lipinski definition) is 0. The van der Waals surface area contributed by atoms with E-state index in [0.717, 1.165) is 33.0 Å². The van der Waals surface area contributed by atoms with Crippen molar-refractivity contribution in [3.63, 3.8) is 0 Å². The maximum Gasteiger partial charge on any atom is 0.268 e. The minimum atomic E-state index is -0.456. The summed E-state index contributed by atoms with van der Waals surface area (Å²) in [4.78, 5) is 37.2. The van der Waals surface area contributed by atoms with E-state index in [9.17, 15) is 20.1 Å². The maximum absolute atomic E-state index is 14.6. The molecular weight excluding hydrogens is 693 g/mol. The number of fused-ring (bicyclic) bond motifs is 4. The highest BCUT2D eigenvalue weighted by molar-refractivity contribution is 6.36. The Morgan fingerprint density at radius 2 is 1.02 bits per heavy atom. The summed E-state index contributed by atoms with van der Waals surface area (Å²) in [6.45, 7) is 15.5. The molecule has 0 saturated carbocycles. The molecule has 7 aromatic carbocycles. The Labute approximate surface area is 321 Å². The summed E-state index contributed by atoms with van der Waals surface area (Å²) in [6, 6.07) is 48.4. The average molecular weight is 717 g/mol. The third-order valence-corrected chi connectivity index (χ3v) is 10.2. The number of imide groups is 1. The van der Waals surface area contributed by atoms with Gasteiger partial charge in [-0.3, -0.25) is 9.59 Å². The van der Waals surface area contributed by atoms with Crippen LogP contribution in [0.1, 0.15) is 31.8 Å². The van der Waals surface area contributed by atoms with E-state index in [1.54, 1.807) is 60.7 Å². The molecule has 1 aliphatic heterocycles. The molecule has 0 N–H and O–H groups in total. The lowest BCUT2D eigenvalue weighted by atomic mass is 9.93. The minimum absolute atomic E-state index is 0.253. The lowest BCUT2D eigenvalue weighted by Crippen LogP contribution is -2.29. The van der Waals surface area contributed by atoms with Crippen LogP contribution in [-0.4, -0.2) is 16.4 Å². The predicted molar refractivity (Wildman–Crippen MR) is 217 cm³/mol. The highest BCUT2D eigenvalue weighted by Crippen LogP contribution is 2.45. The highest BCUT2D eigenvalue weighted by atomic mass is 16.2. The van der Waals surface area contributed by atoms with E-state index in [2.05, 4.69) is 21.8 Å². The zero-order valence-electron chi connectivity index (χ0n) is 29.4. The SMILES string of the molecule is [C-]#[N+]c1cc(C#N)cc(-c2cccc3c2c2c(-c4cc(C#N)cc([N+]#[C-])c4)cccc2n3-c2cccc3c2C(=O)N(c2ccc(-c4ccccc4)cc2)C3=O)c1. The third-order valence-electron chi connectivity index (χ3n) is 10.2. The Morgan fingerprint density at radius 3 is 1.55 bits per heavy atom. The molecule has 0 bridgehead atoms. The van der Waals surface area contributed by atoms with Gasteiger partial charge >= 0.3 is 0 Å². The molecule has 0 unspecified atom stereocenters. The van der Waals surface area contributed by atoms with Crippen LogP contribution in [0.15, 0.2) is 146 Å². The van der Waals surface area contributed by atoms with Crippen LogP contribution in [0.5, 0.6) is 0 Å². The van der Waals surface area contributed by atoms with Gasteiger partial charge in [-0.2, -0.15) is 10.5 Å². The fourth-order valence-corrected chi connectivity index (χ4v) is 7.76. The molecule has 1 aromatic heterocycles. The van der Waals surface area contributed by atoms with Crippen molar-refractivity contribution in [1.29, 1.82) is 10.5 Å². The van der Waals surface area contributed by atoms with Gasteiger partial charge in [-0.25, -0.2) is 14.6 Å². The molecule has 0 fully saturated rings. The summed E-state index contributed by atoms with van der Waals surface area (Å²) < 4.78 is 1.97. The van der Waals surface area contributed by atoms with Crippen LogP contribution in [0.2, 0.25) is 0 Å². The third kappa shape index (κ3) is 5.19. The largest absolute Gasteiger partial charge is 0.308 e. The molecule has 56 heavy (non-hydrogen) atoms. The molecule has 0 radical (unpaired) electrons. The molecule has 8 aromatic rings. The van der Waals surface area contributed by atoms with Crippen molar-refractivity contribution in [2.45, 2.75) is 0 Å². The van der Waals surface area contributed by atoms with Crippen LogP contribution in [-0.2, 0) is 0 Å². The van der Waals surface area contributed by atoms with Gasteiger partial charge in [0.25, 0.3) is 11.8 Å². The minimum Gasteiger partial charge on any atom is -0.308 e. The molecule has 8 nitrogen and oxygen atoms in total. The fraction of sp³-hybridized carbons (Fsp3) is 0. The van der Waals surface area contributed by atoms with Crippen molar-refractivity contribution in [3.8, 4) is 51.2 Å². The zero-order valence-corrected chi connectivity index (χ0v) is 29.4. The van der Waals surface area contributed by atoms with E-state index in [0.29, 0.717) is 56.0 Å². The molecule has 0 spiro atoms. The summed E-state index contributed by atoms with van der Waals surface area (Å²) in [6.07, 6.45) is 0. The van der Waals surface area contributed by atoms with Gasteiger partial charge in [0, 0.05) is 21.9 Å². The van der Waals surface area contributed by atoms with E-state index in [1.807, 2.05) is 89.5 Å². The van der Waals surface area contributed by atoms with Gasteiger partial charge in [-0.15, -0.1) is 0 Å². The average Bonchev–Trinajstić information content (AvgIpc) is 3.74. The lowest BCUT2D eigenvalue weighted by molar-refractivity contribution is 0.0926. The summed E-state index contributed by atoms with van der Waals surface area (Å²) in [5.41, 5.74) is 8.92. The van der Waals surface area contributed by atoms with Crippen molar-refractivity contribution < 1.29 is 9.59 Å². The molecule has 8 heteroatoms. The van der Waals surface area contributed by atoms with Crippen molar-refractivity contribution in [1.82, 2.24) is 4.57 Å². The normalized spacial score (nSPS) is 11.9. The van der Waals surface area contributed by atoms with Gasteiger partial charge in [0.05, 0.1) is 58.8 Å². The molecule has 258 valence electrons. The predicted octanol–water partition coefficient (Wildman–Crippen LogP) is 11.4. The molecule has 0 saturated heterocycles. The van der Waals surface area contributed by atoms with Crippen LogP contribution in [0.4, 0.5) is 17.1 Å². The van der Waals surface area contributed by atoms with Crippen molar-refractivity contribution in [2.24, 2.45) is 0 Å². The van der Waals surface area contributed by atoms with Gasteiger partial charge in [0.2, 0.25) is 0 Å². The smallest absolute Gasteiger partial charge is 0.268 e. The van der Waals surface area contributed by atoms with Crippen molar-refractivity contribution >= 4 is 50.7 Å². The monoisotopic (exact) mass is 716 g/mol. The number of rotatable bonds is 5. The van der Waals surface area contributed by atoms with Gasteiger partial charge in [0.15, 0.2) is 11.4 Å². The number of amides is 2. The van der Waals surface area contributed by atoms with Crippen LogP contribution >= 0.6 is 0 Å². The van der Waals surface area contributed by atoms with Crippen LogP contribution in [0, 0.1) is 35.8 Å². The zero-order chi connectivity index (χ0) is 38.5. The van der Waals surface area contributed by atoms with Gasteiger partial charge in [-0.05, 0) is 106 Å². The molecule has 1 aliphatic rings. The first-order chi connectivity index (χ1) is 27.4. The fourth-order valence-electron chi connectivity index (χ4n) is 7.76. The molecule has 2 heterocycles. The second-order valence-electron chi connectivity index (χ2n) is 13.3. The van der Waals surface area contributed by atoms with Crippen molar-refractivity contribution in [2.75, 3.05) is 4.90 Å². The number of anilines is 1. The molecule has 0 atom stereocenters. The van der Waals surface area contributed by atoms with Gasteiger partial charge in [-0.1, -0.05) is 72.8 Å². The van der Waals surface area contributed by atoms with E-state index >= 15 is 0 Å². The maximum atomic E-state index is 14.6. The quantitative estimate of drug-likeness (QED) is 0.131. The van der Waals surface area contributed by atoms with Crippen LogP contribution in [0.3, 0.4) is 0 Å². The molecule has 2 amide bonds. The molecule has 9 rings (SSSR count). The number of carbonyl (C=O) groups is 2. The lowest BCUT2D eigenvalue weighted by Gasteiger charge is -2.15. The van der Waals surface area contributed by atoms with E-state index in [4.69, 9.17) is 13.1 Å². The summed E-state index contributed by atoms with van der Waals surface area (Å²) >= 11 is 0. The van der Waals surface area contributed by atoms with E-state index < -0.39 is 11.8 Å². The number of aromatic nitrogens is 1. The Hall–Kier alpha value is -8.56. The Balaban J connectivity index is 1.31. The van der Waals surface area contributed by atoms with Crippen molar-refractivity contribution in [3.05, 3.63) is 191 Å². The second-order valence-corrected chi connectivity index (χ2v) is 13.3. The van der Waals surface area contributed by atoms with Crippen LogP contribution < -0.4 is 4.90 Å². The first kappa shape index (κ1) is 33.3. The van der Waals surface area contributed by atoms with Crippen LogP contribution in [0.25, 0.3) is 70.6 Å². The number of nitrogens with zero attached hydrogens (tertiary/aromatic N) is 6. The number of carbonyl (C=O) groups excluding carboxylic acids is 2. The Morgan fingerprint density at radius 1 is 0.500 bits per heavy atom. The standard InChI is InChI=1S/C48H24N6O2/c1-51-35-23-29(27-49)21-33(25-35)38-11-6-14-41-44(38)45-39(34-22-30(28-50)24-36(26-34)52-2)12-7-15-42(45)54(41)43-16-8-13-40-46(43)48(56)53(47(40)55)37-19-17-32(18-20-37)31-9-4-3-5-10-31/h3-26H.